The number of aryl methyl sites for hydroxylation is 1. The van der Waals surface area contributed by atoms with Crippen LogP contribution in [0, 0.1) is 5.92 Å². The van der Waals surface area contributed by atoms with Gasteiger partial charge in [-0.3, -0.25) is 0 Å². The third-order valence-electron chi connectivity index (χ3n) is 3.40. The summed E-state index contributed by atoms with van der Waals surface area (Å²) in [7, 11) is 1.69. The first kappa shape index (κ1) is 11.6. The van der Waals surface area contributed by atoms with Gasteiger partial charge in [-0.15, -0.1) is 0 Å². The Labute approximate surface area is 97.3 Å². The first-order valence-corrected chi connectivity index (χ1v) is 6.06. The second kappa shape index (κ2) is 4.98. The number of aliphatic hydroxyl groups is 1. The smallest absolute Gasteiger partial charge is 0.105 e. The maximum Gasteiger partial charge on any atom is 0.105 e. The van der Waals surface area contributed by atoms with Crippen molar-refractivity contribution in [3.05, 3.63) is 35.4 Å². The minimum absolute atomic E-state index is 0.0347. The molecule has 1 aliphatic carbocycles. The molecular weight excluding hydrogens is 200 g/mol. The molecule has 0 bridgehead atoms. The molecule has 16 heavy (non-hydrogen) atoms. The molecule has 0 heterocycles. The molecule has 1 fully saturated rings. The van der Waals surface area contributed by atoms with E-state index in [0.29, 0.717) is 5.92 Å². The van der Waals surface area contributed by atoms with Gasteiger partial charge in [-0.2, -0.15) is 0 Å². The van der Waals surface area contributed by atoms with E-state index in [9.17, 15) is 5.11 Å². The lowest BCUT2D eigenvalue weighted by Gasteiger charge is -2.21. The minimum Gasteiger partial charge on any atom is -0.386 e. The molecule has 0 spiro atoms. The molecule has 2 heteroatoms. The molecule has 1 aromatic carbocycles. The summed E-state index contributed by atoms with van der Waals surface area (Å²) in [5, 5.41) is 10.2. The summed E-state index contributed by atoms with van der Waals surface area (Å²) < 4.78 is 5.40. The molecule has 1 aliphatic rings. The summed E-state index contributed by atoms with van der Waals surface area (Å²) in [6.07, 6.45) is 2.88. The van der Waals surface area contributed by atoms with Gasteiger partial charge in [0.2, 0.25) is 0 Å². The zero-order valence-corrected chi connectivity index (χ0v) is 10.0. The van der Waals surface area contributed by atoms with Crippen LogP contribution in [0.2, 0.25) is 0 Å². The van der Waals surface area contributed by atoms with Crippen LogP contribution >= 0.6 is 0 Å². The van der Waals surface area contributed by atoms with Crippen LogP contribution in [-0.2, 0) is 11.2 Å². The van der Waals surface area contributed by atoms with E-state index in [4.69, 9.17) is 4.74 Å². The Morgan fingerprint density at radius 3 is 2.38 bits per heavy atom. The van der Waals surface area contributed by atoms with Gasteiger partial charge < -0.3 is 9.84 Å². The summed E-state index contributed by atoms with van der Waals surface area (Å²) in [6, 6.07) is 8.19. The van der Waals surface area contributed by atoms with E-state index < -0.39 is 6.10 Å². The van der Waals surface area contributed by atoms with Crippen molar-refractivity contribution < 1.29 is 9.84 Å². The number of benzene rings is 1. The summed E-state index contributed by atoms with van der Waals surface area (Å²) in [6.45, 7) is 2.13. The standard InChI is InChI=1S/C14H20O2/c1-3-10-4-6-11(7-5-10)13(15)14(16-2)12-8-9-12/h4-7,12-15H,3,8-9H2,1-2H3. The van der Waals surface area contributed by atoms with Crippen LogP contribution in [-0.4, -0.2) is 18.3 Å². The maximum atomic E-state index is 10.2. The van der Waals surface area contributed by atoms with Crippen molar-refractivity contribution in [3.8, 4) is 0 Å². The fraction of sp³-hybridized carbons (Fsp3) is 0.571. The van der Waals surface area contributed by atoms with E-state index in [0.717, 1.165) is 12.0 Å². The second-order valence-electron chi connectivity index (χ2n) is 4.58. The van der Waals surface area contributed by atoms with Gasteiger partial charge in [0.15, 0.2) is 0 Å². The SMILES string of the molecule is CCc1ccc(C(O)C(OC)C2CC2)cc1. The lowest BCUT2D eigenvalue weighted by Crippen LogP contribution is -2.23. The van der Waals surface area contributed by atoms with E-state index >= 15 is 0 Å². The van der Waals surface area contributed by atoms with Crippen LogP contribution in [0.4, 0.5) is 0 Å². The molecule has 0 radical (unpaired) electrons. The molecule has 2 rings (SSSR count). The van der Waals surface area contributed by atoms with Crippen LogP contribution < -0.4 is 0 Å². The van der Waals surface area contributed by atoms with Gasteiger partial charge in [0.05, 0.1) is 6.10 Å². The Bertz CT molecular complexity index is 327. The van der Waals surface area contributed by atoms with Gasteiger partial charge >= 0.3 is 0 Å². The molecule has 0 saturated heterocycles. The summed E-state index contributed by atoms with van der Waals surface area (Å²) >= 11 is 0. The Morgan fingerprint density at radius 2 is 1.94 bits per heavy atom. The number of ether oxygens (including phenoxy) is 1. The molecule has 1 aromatic rings. The number of aliphatic hydroxyl groups excluding tert-OH is 1. The predicted octanol–water partition coefficient (Wildman–Crippen LogP) is 2.71. The van der Waals surface area contributed by atoms with E-state index in [2.05, 4.69) is 19.1 Å². The van der Waals surface area contributed by atoms with Gasteiger partial charge in [-0.1, -0.05) is 31.2 Å². The lowest BCUT2D eigenvalue weighted by molar-refractivity contribution is -0.0259. The fourth-order valence-corrected chi connectivity index (χ4v) is 2.14. The number of rotatable bonds is 5. The quantitative estimate of drug-likeness (QED) is 0.826. The van der Waals surface area contributed by atoms with Crippen molar-refractivity contribution >= 4 is 0 Å². The fourth-order valence-electron chi connectivity index (χ4n) is 2.14. The highest BCUT2D eigenvalue weighted by atomic mass is 16.5. The average molecular weight is 220 g/mol. The van der Waals surface area contributed by atoms with Crippen LogP contribution in [0.1, 0.15) is 37.0 Å². The number of hydrogen-bond acceptors (Lipinski definition) is 2. The number of hydrogen-bond donors (Lipinski definition) is 1. The molecule has 0 aliphatic heterocycles. The van der Waals surface area contributed by atoms with Gasteiger partial charge in [-0.05, 0) is 36.3 Å². The topological polar surface area (TPSA) is 29.5 Å². The summed E-state index contributed by atoms with van der Waals surface area (Å²) in [5.41, 5.74) is 2.27. The first-order valence-electron chi connectivity index (χ1n) is 6.06. The third kappa shape index (κ3) is 2.45. The second-order valence-corrected chi connectivity index (χ2v) is 4.58. The van der Waals surface area contributed by atoms with Crippen LogP contribution in [0.5, 0.6) is 0 Å². The minimum atomic E-state index is -0.483. The van der Waals surface area contributed by atoms with Crippen molar-refractivity contribution in [2.75, 3.05) is 7.11 Å². The molecule has 1 N–H and O–H groups in total. The van der Waals surface area contributed by atoms with Crippen molar-refractivity contribution in [1.29, 1.82) is 0 Å². The highest BCUT2D eigenvalue weighted by molar-refractivity contribution is 5.25. The van der Waals surface area contributed by atoms with Crippen LogP contribution in [0.3, 0.4) is 0 Å². The van der Waals surface area contributed by atoms with E-state index in [1.165, 1.54) is 18.4 Å². The molecular formula is C14H20O2. The Morgan fingerprint density at radius 1 is 1.31 bits per heavy atom. The first-order chi connectivity index (χ1) is 7.76. The Hall–Kier alpha value is -0.860. The van der Waals surface area contributed by atoms with E-state index in [1.807, 2.05) is 12.1 Å². The molecule has 2 atom stereocenters. The predicted molar refractivity (Wildman–Crippen MR) is 64.3 cm³/mol. The van der Waals surface area contributed by atoms with Crippen molar-refractivity contribution in [2.45, 2.75) is 38.4 Å². The zero-order valence-electron chi connectivity index (χ0n) is 10.0. The molecule has 1 saturated carbocycles. The average Bonchev–Trinajstić information content (AvgIpc) is 3.14. The highest BCUT2D eigenvalue weighted by Crippen LogP contribution is 2.39. The molecule has 88 valence electrons. The Kier molecular flexibility index (Phi) is 3.62. The summed E-state index contributed by atoms with van der Waals surface area (Å²) in [4.78, 5) is 0. The van der Waals surface area contributed by atoms with Crippen molar-refractivity contribution in [1.82, 2.24) is 0 Å². The zero-order chi connectivity index (χ0) is 11.5. The highest BCUT2D eigenvalue weighted by Gasteiger charge is 2.36. The van der Waals surface area contributed by atoms with Gasteiger partial charge in [-0.25, -0.2) is 0 Å². The number of methoxy groups -OCH3 is 1. The van der Waals surface area contributed by atoms with E-state index in [1.54, 1.807) is 7.11 Å². The van der Waals surface area contributed by atoms with Gasteiger partial charge in [0.1, 0.15) is 6.10 Å². The van der Waals surface area contributed by atoms with Gasteiger partial charge in [0.25, 0.3) is 0 Å². The monoisotopic (exact) mass is 220 g/mol. The maximum absolute atomic E-state index is 10.2. The van der Waals surface area contributed by atoms with Crippen molar-refractivity contribution in [3.63, 3.8) is 0 Å². The largest absolute Gasteiger partial charge is 0.386 e. The Balaban J connectivity index is 2.09. The van der Waals surface area contributed by atoms with Crippen molar-refractivity contribution in [2.24, 2.45) is 5.92 Å². The molecule has 2 unspecified atom stereocenters. The van der Waals surface area contributed by atoms with E-state index in [-0.39, 0.29) is 6.10 Å². The normalized spacial score (nSPS) is 19.4. The van der Waals surface area contributed by atoms with Gasteiger partial charge in [0, 0.05) is 7.11 Å². The molecule has 2 nitrogen and oxygen atoms in total. The van der Waals surface area contributed by atoms with Crippen LogP contribution in [0.15, 0.2) is 24.3 Å². The third-order valence-corrected chi connectivity index (χ3v) is 3.40. The molecule has 0 amide bonds. The molecule has 0 aromatic heterocycles. The van der Waals surface area contributed by atoms with Crippen LogP contribution in [0.25, 0.3) is 0 Å². The summed E-state index contributed by atoms with van der Waals surface area (Å²) in [5.74, 6) is 0.547. The lowest BCUT2D eigenvalue weighted by atomic mass is 9.99.